The van der Waals surface area contributed by atoms with E-state index < -0.39 is 0 Å². The van der Waals surface area contributed by atoms with E-state index in [9.17, 15) is 0 Å². The Morgan fingerprint density at radius 2 is 2.20 bits per heavy atom. The molecule has 2 aromatic rings. The summed E-state index contributed by atoms with van der Waals surface area (Å²) < 4.78 is 6.10. The summed E-state index contributed by atoms with van der Waals surface area (Å²) in [6.07, 6.45) is 5.09. The second kappa shape index (κ2) is 5.58. The van der Waals surface area contributed by atoms with Crippen molar-refractivity contribution in [3.8, 4) is 0 Å². The van der Waals surface area contributed by atoms with E-state index >= 15 is 0 Å². The average molecular weight is 272 g/mol. The number of fused-ring (bicyclic) bond motifs is 1. The van der Waals surface area contributed by atoms with Crippen LogP contribution < -0.4 is 11.3 Å². The fraction of sp³-hybridized carbons (Fsp3) is 0.529. The molecule has 108 valence electrons. The number of nitrogens with one attached hydrogen (secondary N) is 1. The van der Waals surface area contributed by atoms with Crippen LogP contribution in [0.1, 0.15) is 50.0 Å². The van der Waals surface area contributed by atoms with E-state index in [1.54, 1.807) is 0 Å². The van der Waals surface area contributed by atoms with Gasteiger partial charge < -0.3 is 4.42 Å². The molecule has 3 atom stereocenters. The highest BCUT2D eigenvalue weighted by molar-refractivity contribution is 5.81. The third-order valence-corrected chi connectivity index (χ3v) is 4.69. The molecule has 1 aliphatic carbocycles. The van der Waals surface area contributed by atoms with Crippen LogP contribution in [0.15, 0.2) is 28.7 Å². The first kappa shape index (κ1) is 13.7. The quantitative estimate of drug-likeness (QED) is 0.654. The molecule has 0 saturated heterocycles. The molecule has 0 spiro atoms. The maximum atomic E-state index is 6.10. The summed E-state index contributed by atoms with van der Waals surface area (Å²) in [6.45, 7) is 4.42. The lowest BCUT2D eigenvalue weighted by molar-refractivity contribution is 0.208. The van der Waals surface area contributed by atoms with E-state index in [4.69, 9.17) is 10.3 Å². The molecule has 1 aromatic heterocycles. The van der Waals surface area contributed by atoms with E-state index in [1.165, 1.54) is 36.6 Å². The van der Waals surface area contributed by atoms with E-state index in [1.807, 2.05) is 0 Å². The van der Waals surface area contributed by atoms with Crippen molar-refractivity contribution < 1.29 is 4.42 Å². The zero-order valence-electron chi connectivity index (χ0n) is 12.4. The van der Waals surface area contributed by atoms with Gasteiger partial charge in [-0.1, -0.05) is 38.0 Å². The summed E-state index contributed by atoms with van der Waals surface area (Å²) in [7, 11) is 0. The smallest absolute Gasteiger partial charge is 0.137 e. The van der Waals surface area contributed by atoms with Gasteiger partial charge in [0.1, 0.15) is 11.3 Å². The van der Waals surface area contributed by atoms with Gasteiger partial charge in [0.15, 0.2) is 0 Å². The summed E-state index contributed by atoms with van der Waals surface area (Å²) >= 11 is 0. The molecule has 3 rings (SSSR count). The van der Waals surface area contributed by atoms with Crippen LogP contribution in [0.5, 0.6) is 0 Å². The van der Waals surface area contributed by atoms with Crippen molar-refractivity contribution in [3.05, 3.63) is 35.6 Å². The number of para-hydroxylation sites is 1. The van der Waals surface area contributed by atoms with Crippen LogP contribution in [0.25, 0.3) is 11.0 Å². The zero-order chi connectivity index (χ0) is 14.1. The highest BCUT2D eigenvalue weighted by Gasteiger charge is 2.29. The normalized spacial score (nSPS) is 24.9. The van der Waals surface area contributed by atoms with Gasteiger partial charge in [0.25, 0.3) is 0 Å². The molecule has 0 amide bonds. The second-order valence-electron chi connectivity index (χ2n) is 6.32. The predicted molar refractivity (Wildman–Crippen MR) is 82.1 cm³/mol. The Balaban J connectivity index is 1.92. The van der Waals surface area contributed by atoms with Crippen molar-refractivity contribution in [1.82, 2.24) is 5.43 Å². The minimum Gasteiger partial charge on any atom is -0.459 e. The Labute approximate surface area is 120 Å². The Kier molecular flexibility index (Phi) is 3.81. The Hall–Kier alpha value is -1.32. The zero-order valence-corrected chi connectivity index (χ0v) is 12.4. The number of furan rings is 1. The summed E-state index contributed by atoms with van der Waals surface area (Å²) in [5.41, 5.74) is 5.17. The van der Waals surface area contributed by atoms with Crippen LogP contribution in [0.3, 0.4) is 0 Å². The molecule has 0 bridgehead atoms. The maximum Gasteiger partial charge on any atom is 0.137 e. The molecule has 0 radical (unpaired) electrons. The number of aryl methyl sites for hydroxylation is 1. The van der Waals surface area contributed by atoms with Crippen LogP contribution >= 0.6 is 0 Å². The van der Waals surface area contributed by atoms with Crippen LogP contribution in [-0.4, -0.2) is 0 Å². The topological polar surface area (TPSA) is 51.2 Å². The summed E-state index contributed by atoms with van der Waals surface area (Å²) in [5.74, 6) is 8.17. The Morgan fingerprint density at radius 3 is 2.90 bits per heavy atom. The standard InChI is InChI=1S/C17H24N2O/c1-11-5-3-7-13(9-11)16(19-18)15-10-14-8-4-6-12(2)17(14)20-15/h4,6,8,10-11,13,16,19H,3,5,7,9,18H2,1-2H3. The molecule has 3 N–H and O–H groups in total. The van der Waals surface area contributed by atoms with Gasteiger partial charge in [0, 0.05) is 5.39 Å². The first-order valence-corrected chi connectivity index (χ1v) is 7.64. The molecule has 1 fully saturated rings. The average Bonchev–Trinajstić information content (AvgIpc) is 2.85. The molecule has 3 unspecified atom stereocenters. The van der Waals surface area contributed by atoms with Gasteiger partial charge in [-0.2, -0.15) is 0 Å². The number of rotatable bonds is 3. The van der Waals surface area contributed by atoms with Gasteiger partial charge in [-0.25, -0.2) is 5.43 Å². The highest BCUT2D eigenvalue weighted by atomic mass is 16.3. The minimum absolute atomic E-state index is 0.129. The number of hydrazine groups is 1. The van der Waals surface area contributed by atoms with Gasteiger partial charge in [0.2, 0.25) is 0 Å². The number of benzene rings is 1. The van der Waals surface area contributed by atoms with Crippen molar-refractivity contribution in [2.45, 2.75) is 45.6 Å². The molecule has 3 heteroatoms. The molecule has 3 nitrogen and oxygen atoms in total. The van der Waals surface area contributed by atoms with Gasteiger partial charge >= 0.3 is 0 Å². The predicted octanol–water partition coefficient (Wildman–Crippen LogP) is 4.07. The lowest BCUT2D eigenvalue weighted by atomic mass is 9.78. The number of hydrogen-bond acceptors (Lipinski definition) is 3. The van der Waals surface area contributed by atoms with Crippen molar-refractivity contribution in [2.75, 3.05) is 0 Å². The molecule has 1 heterocycles. The second-order valence-corrected chi connectivity index (χ2v) is 6.32. The monoisotopic (exact) mass is 272 g/mol. The summed E-state index contributed by atoms with van der Waals surface area (Å²) in [5, 5.41) is 1.17. The van der Waals surface area contributed by atoms with Gasteiger partial charge in [-0.05, 0) is 43.2 Å². The number of nitrogens with two attached hydrogens (primary N) is 1. The third kappa shape index (κ3) is 2.48. The van der Waals surface area contributed by atoms with Crippen molar-refractivity contribution >= 4 is 11.0 Å². The van der Waals surface area contributed by atoms with Crippen LogP contribution in [0.4, 0.5) is 0 Å². The van der Waals surface area contributed by atoms with E-state index in [-0.39, 0.29) is 6.04 Å². The summed E-state index contributed by atoms with van der Waals surface area (Å²) in [6, 6.07) is 8.54. The van der Waals surface area contributed by atoms with Gasteiger partial charge in [-0.15, -0.1) is 0 Å². The SMILES string of the molecule is Cc1cccc2cc(C(NN)C3CCCC(C)C3)oc12. The Bertz CT molecular complexity index is 590. The lowest BCUT2D eigenvalue weighted by Crippen LogP contribution is -2.35. The van der Waals surface area contributed by atoms with Crippen molar-refractivity contribution in [2.24, 2.45) is 17.7 Å². The van der Waals surface area contributed by atoms with Crippen molar-refractivity contribution in [3.63, 3.8) is 0 Å². The van der Waals surface area contributed by atoms with E-state index in [0.717, 1.165) is 17.3 Å². The van der Waals surface area contributed by atoms with Gasteiger partial charge in [0.05, 0.1) is 6.04 Å². The highest BCUT2D eigenvalue weighted by Crippen LogP contribution is 2.38. The first-order valence-electron chi connectivity index (χ1n) is 7.64. The number of hydrogen-bond donors (Lipinski definition) is 2. The molecular formula is C17H24N2O. The minimum atomic E-state index is 0.129. The van der Waals surface area contributed by atoms with Gasteiger partial charge in [-0.3, -0.25) is 5.84 Å². The maximum absolute atomic E-state index is 6.10. The fourth-order valence-electron chi connectivity index (χ4n) is 3.62. The van der Waals surface area contributed by atoms with Crippen LogP contribution in [0, 0.1) is 18.8 Å². The first-order chi connectivity index (χ1) is 9.69. The fourth-order valence-corrected chi connectivity index (χ4v) is 3.62. The lowest BCUT2D eigenvalue weighted by Gasteiger charge is -2.31. The van der Waals surface area contributed by atoms with Crippen LogP contribution in [-0.2, 0) is 0 Å². The van der Waals surface area contributed by atoms with E-state index in [2.05, 4.69) is 43.5 Å². The molecule has 0 aliphatic heterocycles. The molecule has 1 aliphatic rings. The molecule has 20 heavy (non-hydrogen) atoms. The Morgan fingerprint density at radius 1 is 1.35 bits per heavy atom. The van der Waals surface area contributed by atoms with Crippen LogP contribution in [0.2, 0.25) is 0 Å². The largest absolute Gasteiger partial charge is 0.459 e. The third-order valence-electron chi connectivity index (χ3n) is 4.69. The molecule has 1 aromatic carbocycles. The summed E-state index contributed by atoms with van der Waals surface area (Å²) in [4.78, 5) is 0. The molecule has 1 saturated carbocycles. The molecular weight excluding hydrogens is 248 g/mol. The van der Waals surface area contributed by atoms with Crippen molar-refractivity contribution in [1.29, 1.82) is 0 Å². The van der Waals surface area contributed by atoms with E-state index in [0.29, 0.717) is 5.92 Å².